The average Bonchev–Trinajstić information content (AvgIpc) is 3.04. The number of furan rings is 1. The van der Waals surface area contributed by atoms with Crippen LogP contribution in [0.1, 0.15) is 5.76 Å². The first kappa shape index (κ1) is 17.2. The highest BCUT2D eigenvalue weighted by atomic mass is 35.5. The number of benzene rings is 1. The van der Waals surface area contributed by atoms with Crippen LogP contribution in [0.3, 0.4) is 0 Å². The van der Waals surface area contributed by atoms with Crippen LogP contribution in [0.5, 0.6) is 0 Å². The Morgan fingerprint density at radius 3 is 2.38 bits per heavy atom. The van der Waals surface area contributed by atoms with Crippen molar-refractivity contribution < 1.29 is 4.42 Å². The van der Waals surface area contributed by atoms with Gasteiger partial charge in [-0.25, -0.2) is 0 Å². The van der Waals surface area contributed by atoms with Gasteiger partial charge in [0.2, 0.25) is 0 Å². The largest absolute Gasteiger partial charge is 0.457 e. The minimum atomic E-state index is -0.340. The minimum Gasteiger partial charge on any atom is -0.457 e. The molecule has 0 unspecified atom stereocenters. The Kier molecular flexibility index (Phi) is 5.30. The number of nitrogens with two attached hydrogens (primary N) is 1. The molecule has 0 atom stereocenters. The maximum Gasteiger partial charge on any atom is 0.153 e. The fraction of sp³-hybridized carbons (Fsp3) is 0. The van der Waals surface area contributed by atoms with Crippen LogP contribution in [0.15, 0.2) is 51.6 Å². The molecule has 2 N–H and O–H groups in total. The lowest BCUT2D eigenvalue weighted by Crippen LogP contribution is -2.03. The maximum atomic E-state index is 9.17. The van der Waals surface area contributed by atoms with Crippen LogP contribution < -0.4 is 5.73 Å². The quantitative estimate of drug-likeness (QED) is 0.647. The Labute approximate surface area is 148 Å². The highest BCUT2D eigenvalue weighted by Gasteiger charge is 2.12. The van der Waals surface area contributed by atoms with Crippen molar-refractivity contribution in [2.75, 3.05) is 0 Å². The lowest BCUT2D eigenvalue weighted by atomic mass is 10.1. The highest BCUT2D eigenvalue weighted by Crippen LogP contribution is 2.34. The van der Waals surface area contributed by atoms with E-state index in [4.69, 9.17) is 43.9 Å². The predicted octanol–water partition coefficient (Wildman–Crippen LogP) is 4.42. The van der Waals surface area contributed by atoms with Crippen LogP contribution in [-0.4, -0.2) is 0 Å². The van der Waals surface area contributed by atoms with E-state index in [1.807, 2.05) is 6.07 Å². The molecule has 5 nitrogen and oxygen atoms in total. The van der Waals surface area contributed by atoms with E-state index in [1.165, 1.54) is 6.08 Å². The van der Waals surface area contributed by atoms with Gasteiger partial charge in [-0.15, -0.1) is 0 Å². The van der Waals surface area contributed by atoms with Crippen molar-refractivity contribution >= 4 is 29.3 Å². The summed E-state index contributed by atoms with van der Waals surface area (Å²) >= 11 is 12.1. The molecule has 1 aromatic heterocycles. The summed E-state index contributed by atoms with van der Waals surface area (Å²) < 4.78 is 5.62. The first-order chi connectivity index (χ1) is 11.5. The smallest absolute Gasteiger partial charge is 0.153 e. The number of hydrogen-bond acceptors (Lipinski definition) is 5. The Morgan fingerprint density at radius 2 is 1.75 bits per heavy atom. The highest BCUT2D eigenvalue weighted by molar-refractivity contribution is 6.43. The van der Waals surface area contributed by atoms with Gasteiger partial charge in [-0.2, -0.15) is 15.8 Å². The summed E-state index contributed by atoms with van der Waals surface area (Å²) in [5, 5.41) is 27.5. The van der Waals surface area contributed by atoms with Crippen LogP contribution in [-0.2, 0) is 0 Å². The van der Waals surface area contributed by atoms with Crippen molar-refractivity contribution in [3.8, 4) is 29.5 Å². The fourth-order valence-corrected chi connectivity index (χ4v) is 2.26. The van der Waals surface area contributed by atoms with E-state index >= 15 is 0 Å². The second-order valence-corrected chi connectivity index (χ2v) is 5.27. The SMILES string of the molecule is N#CC(C#N)=C(N)/C(C#N)=C/c1ccc(-c2cccc(Cl)c2Cl)o1. The standard InChI is InChI=1S/C17H8Cl2N4O/c18-14-3-1-2-13(16(14)19)15-5-4-12(24-15)6-10(7-20)17(23)11(8-21)9-22/h1-6H,23H2/b10-6+. The molecule has 0 radical (unpaired) electrons. The first-order valence-corrected chi connectivity index (χ1v) is 7.23. The lowest BCUT2D eigenvalue weighted by Gasteiger charge is -2.02. The number of hydrogen-bond donors (Lipinski definition) is 1. The molecule has 7 heteroatoms. The van der Waals surface area contributed by atoms with Gasteiger partial charge in [-0.3, -0.25) is 0 Å². The molecular weight excluding hydrogens is 347 g/mol. The minimum absolute atomic E-state index is 0.0498. The van der Waals surface area contributed by atoms with Gasteiger partial charge in [0.05, 0.1) is 21.3 Å². The summed E-state index contributed by atoms with van der Waals surface area (Å²) in [6, 6.07) is 13.5. The summed E-state index contributed by atoms with van der Waals surface area (Å²) in [6.07, 6.45) is 1.34. The van der Waals surface area contributed by atoms with Crippen LogP contribution in [0, 0.1) is 34.0 Å². The molecular formula is C17H8Cl2N4O. The molecule has 0 bridgehead atoms. The van der Waals surface area contributed by atoms with E-state index < -0.39 is 0 Å². The van der Waals surface area contributed by atoms with Gasteiger partial charge in [0.15, 0.2) is 5.57 Å². The van der Waals surface area contributed by atoms with E-state index in [2.05, 4.69) is 0 Å². The van der Waals surface area contributed by atoms with Crippen LogP contribution in [0.25, 0.3) is 17.4 Å². The number of halogens is 2. The summed E-state index contributed by atoms with van der Waals surface area (Å²) in [4.78, 5) is 0. The van der Waals surface area contributed by atoms with E-state index in [9.17, 15) is 5.26 Å². The number of nitrogens with zero attached hydrogens (tertiary/aromatic N) is 3. The zero-order valence-corrected chi connectivity index (χ0v) is 13.6. The molecule has 2 rings (SSSR count). The van der Waals surface area contributed by atoms with Crippen LogP contribution in [0.4, 0.5) is 0 Å². The van der Waals surface area contributed by atoms with Crippen molar-refractivity contribution in [3.05, 3.63) is 63.0 Å². The third-order valence-corrected chi connectivity index (χ3v) is 3.85. The molecule has 0 spiro atoms. The van der Waals surface area contributed by atoms with Crippen molar-refractivity contribution in [3.63, 3.8) is 0 Å². The van der Waals surface area contributed by atoms with Gasteiger partial charge in [-0.05, 0) is 24.3 Å². The number of nitriles is 3. The molecule has 0 aliphatic carbocycles. The van der Waals surface area contributed by atoms with Gasteiger partial charge in [-0.1, -0.05) is 29.3 Å². The third kappa shape index (κ3) is 3.42. The zero-order chi connectivity index (χ0) is 17.7. The van der Waals surface area contributed by atoms with Crippen LogP contribution >= 0.6 is 23.2 Å². The third-order valence-electron chi connectivity index (χ3n) is 3.03. The van der Waals surface area contributed by atoms with Crippen molar-refractivity contribution in [2.45, 2.75) is 0 Å². The van der Waals surface area contributed by atoms with E-state index in [0.29, 0.717) is 27.1 Å². The van der Waals surface area contributed by atoms with Crippen molar-refractivity contribution in [2.24, 2.45) is 5.73 Å². The molecule has 0 saturated carbocycles. The first-order valence-electron chi connectivity index (χ1n) is 6.48. The molecule has 24 heavy (non-hydrogen) atoms. The fourth-order valence-electron chi connectivity index (χ4n) is 1.86. The number of allylic oxidation sites excluding steroid dienone is 2. The normalized spacial score (nSPS) is 10.4. The molecule has 116 valence electrons. The van der Waals surface area contributed by atoms with Gasteiger partial charge in [0.25, 0.3) is 0 Å². The number of rotatable bonds is 3. The second kappa shape index (κ2) is 7.40. The summed E-state index contributed by atoms with van der Waals surface area (Å²) in [5.41, 5.74) is 5.67. The topological polar surface area (TPSA) is 111 Å². The summed E-state index contributed by atoms with van der Waals surface area (Å²) in [7, 11) is 0. The Hall–Kier alpha value is -3.17. The maximum absolute atomic E-state index is 9.17. The van der Waals surface area contributed by atoms with Gasteiger partial charge >= 0.3 is 0 Å². The van der Waals surface area contributed by atoms with E-state index in [-0.39, 0.29) is 16.8 Å². The van der Waals surface area contributed by atoms with Gasteiger partial charge < -0.3 is 10.2 Å². The molecule has 0 fully saturated rings. The molecule has 0 amide bonds. The predicted molar refractivity (Wildman–Crippen MR) is 90.2 cm³/mol. The van der Waals surface area contributed by atoms with Crippen molar-refractivity contribution in [1.29, 1.82) is 15.8 Å². The Morgan fingerprint density at radius 1 is 1.04 bits per heavy atom. The Bertz CT molecular complexity index is 965. The zero-order valence-electron chi connectivity index (χ0n) is 12.0. The molecule has 1 aromatic carbocycles. The lowest BCUT2D eigenvalue weighted by molar-refractivity contribution is 0.571. The molecule has 2 aromatic rings. The van der Waals surface area contributed by atoms with E-state index in [1.54, 1.807) is 42.5 Å². The Balaban J connectivity index is 2.47. The average molecular weight is 355 g/mol. The summed E-state index contributed by atoms with van der Waals surface area (Å²) in [5.74, 6) is 0.769. The van der Waals surface area contributed by atoms with E-state index in [0.717, 1.165) is 0 Å². The molecule has 0 saturated heterocycles. The molecule has 1 heterocycles. The van der Waals surface area contributed by atoms with Gasteiger partial charge in [0, 0.05) is 11.6 Å². The van der Waals surface area contributed by atoms with Crippen molar-refractivity contribution in [1.82, 2.24) is 0 Å². The van der Waals surface area contributed by atoms with Crippen LogP contribution in [0.2, 0.25) is 10.0 Å². The molecule has 0 aliphatic rings. The molecule has 0 aliphatic heterocycles. The monoisotopic (exact) mass is 354 g/mol. The van der Waals surface area contributed by atoms with Gasteiger partial charge in [0.1, 0.15) is 29.7 Å². The summed E-state index contributed by atoms with van der Waals surface area (Å²) in [6.45, 7) is 0. The second-order valence-electron chi connectivity index (χ2n) is 4.49.